The monoisotopic (exact) mass is 262 g/mol. The molecule has 1 heterocycles. The molecule has 0 spiro atoms. The molecular weight excluding hydrogens is 244 g/mol. The first kappa shape index (κ1) is 13.1. The van der Waals surface area contributed by atoms with Gasteiger partial charge in [0.15, 0.2) is 0 Å². The molecule has 0 radical (unpaired) electrons. The van der Waals surface area contributed by atoms with Crippen molar-refractivity contribution >= 4 is 11.3 Å². The van der Waals surface area contributed by atoms with Gasteiger partial charge in [-0.05, 0) is 31.5 Å². The molecule has 1 unspecified atom stereocenters. The van der Waals surface area contributed by atoms with E-state index in [1.54, 1.807) is 18.4 Å². The van der Waals surface area contributed by atoms with Crippen LogP contribution < -0.4 is 10.1 Å². The van der Waals surface area contributed by atoms with Gasteiger partial charge in [0.1, 0.15) is 5.75 Å². The molecule has 0 aliphatic heterocycles. The third-order valence-electron chi connectivity index (χ3n) is 2.95. The fourth-order valence-corrected chi connectivity index (χ4v) is 2.67. The first-order valence-electron chi connectivity index (χ1n) is 5.97. The normalized spacial score (nSPS) is 12.4. The SMILES string of the molecule is COc1ccc(CNC(C)c2scnc2C)cc1. The van der Waals surface area contributed by atoms with E-state index in [2.05, 4.69) is 36.3 Å². The van der Waals surface area contributed by atoms with Crippen molar-refractivity contribution in [1.29, 1.82) is 0 Å². The summed E-state index contributed by atoms with van der Waals surface area (Å²) in [6.45, 7) is 5.07. The van der Waals surface area contributed by atoms with Crippen LogP contribution in [-0.4, -0.2) is 12.1 Å². The number of hydrogen-bond donors (Lipinski definition) is 1. The van der Waals surface area contributed by atoms with Crippen molar-refractivity contribution in [2.75, 3.05) is 7.11 Å². The summed E-state index contributed by atoms with van der Waals surface area (Å²) in [6, 6.07) is 8.47. The van der Waals surface area contributed by atoms with Crippen LogP contribution in [0, 0.1) is 6.92 Å². The van der Waals surface area contributed by atoms with Crippen LogP contribution in [-0.2, 0) is 6.54 Å². The molecule has 0 aliphatic rings. The molecule has 96 valence electrons. The first-order valence-corrected chi connectivity index (χ1v) is 6.85. The van der Waals surface area contributed by atoms with E-state index in [1.807, 2.05) is 17.6 Å². The van der Waals surface area contributed by atoms with E-state index < -0.39 is 0 Å². The zero-order valence-electron chi connectivity index (χ0n) is 10.9. The van der Waals surface area contributed by atoms with Crippen LogP contribution >= 0.6 is 11.3 Å². The molecule has 0 aliphatic carbocycles. The lowest BCUT2D eigenvalue weighted by Crippen LogP contribution is -2.17. The second kappa shape index (κ2) is 5.98. The van der Waals surface area contributed by atoms with E-state index in [9.17, 15) is 0 Å². The van der Waals surface area contributed by atoms with Crippen LogP contribution in [0.4, 0.5) is 0 Å². The molecule has 4 heteroatoms. The summed E-state index contributed by atoms with van der Waals surface area (Å²) >= 11 is 1.71. The van der Waals surface area contributed by atoms with Crippen molar-refractivity contribution in [1.82, 2.24) is 10.3 Å². The first-order chi connectivity index (χ1) is 8.70. The summed E-state index contributed by atoms with van der Waals surface area (Å²) in [5, 5.41) is 3.51. The zero-order valence-corrected chi connectivity index (χ0v) is 11.8. The Labute approximate surface area is 112 Å². The number of benzene rings is 1. The van der Waals surface area contributed by atoms with Gasteiger partial charge in [-0.15, -0.1) is 11.3 Å². The molecule has 3 nitrogen and oxygen atoms in total. The van der Waals surface area contributed by atoms with Gasteiger partial charge in [-0.2, -0.15) is 0 Å². The van der Waals surface area contributed by atoms with Crippen molar-refractivity contribution in [3.05, 3.63) is 45.9 Å². The van der Waals surface area contributed by atoms with E-state index in [4.69, 9.17) is 4.74 Å². The van der Waals surface area contributed by atoms with E-state index >= 15 is 0 Å². The largest absolute Gasteiger partial charge is 0.497 e. The zero-order chi connectivity index (χ0) is 13.0. The highest BCUT2D eigenvalue weighted by molar-refractivity contribution is 7.09. The number of ether oxygens (including phenoxy) is 1. The summed E-state index contributed by atoms with van der Waals surface area (Å²) in [5.41, 5.74) is 4.27. The van der Waals surface area contributed by atoms with Crippen LogP contribution in [0.2, 0.25) is 0 Å². The number of nitrogens with one attached hydrogen (secondary N) is 1. The maximum absolute atomic E-state index is 5.14. The Morgan fingerprint density at radius 2 is 2.06 bits per heavy atom. The second-order valence-electron chi connectivity index (χ2n) is 4.25. The van der Waals surface area contributed by atoms with Crippen molar-refractivity contribution in [3.63, 3.8) is 0 Å². The van der Waals surface area contributed by atoms with E-state index in [0.29, 0.717) is 6.04 Å². The van der Waals surface area contributed by atoms with Crippen LogP contribution in [0.3, 0.4) is 0 Å². The van der Waals surface area contributed by atoms with Gasteiger partial charge in [-0.1, -0.05) is 12.1 Å². The highest BCUT2D eigenvalue weighted by atomic mass is 32.1. The Morgan fingerprint density at radius 3 is 2.61 bits per heavy atom. The quantitative estimate of drug-likeness (QED) is 0.897. The fraction of sp³-hybridized carbons (Fsp3) is 0.357. The Kier molecular flexibility index (Phi) is 4.33. The van der Waals surface area contributed by atoms with Gasteiger partial charge in [0.2, 0.25) is 0 Å². The van der Waals surface area contributed by atoms with Gasteiger partial charge >= 0.3 is 0 Å². The minimum absolute atomic E-state index is 0.333. The number of rotatable bonds is 5. The average Bonchev–Trinajstić information content (AvgIpc) is 2.83. The maximum atomic E-state index is 5.14. The molecule has 1 atom stereocenters. The molecule has 18 heavy (non-hydrogen) atoms. The smallest absolute Gasteiger partial charge is 0.118 e. The predicted molar refractivity (Wildman–Crippen MR) is 75.1 cm³/mol. The van der Waals surface area contributed by atoms with Crippen LogP contribution in [0.5, 0.6) is 5.75 Å². The molecule has 1 N–H and O–H groups in total. The van der Waals surface area contributed by atoms with E-state index in [-0.39, 0.29) is 0 Å². The van der Waals surface area contributed by atoms with E-state index in [0.717, 1.165) is 18.0 Å². The molecule has 0 bridgehead atoms. The van der Waals surface area contributed by atoms with E-state index in [1.165, 1.54) is 10.4 Å². The molecular formula is C14H18N2OS. The molecule has 0 saturated carbocycles. The minimum Gasteiger partial charge on any atom is -0.497 e. The maximum Gasteiger partial charge on any atom is 0.118 e. The number of aryl methyl sites for hydroxylation is 1. The molecule has 1 aromatic carbocycles. The van der Waals surface area contributed by atoms with Crippen LogP contribution in [0.1, 0.15) is 29.1 Å². The van der Waals surface area contributed by atoms with Gasteiger partial charge < -0.3 is 10.1 Å². The van der Waals surface area contributed by atoms with Crippen molar-refractivity contribution in [2.24, 2.45) is 0 Å². The number of aromatic nitrogens is 1. The summed E-state index contributed by atoms with van der Waals surface area (Å²) in [5.74, 6) is 0.894. The summed E-state index contributed by atoms with van der Waals surface area (Å²) in [6.07, 6.45) is 0. The molecule has 1 aromatic heterocycles. The average molecular weight is 262 g/mol. The third kappa shape index (κ3) is 3.09. The summed E-state index contributed by atoms with van der Waals surface area (Å²) in [7, 11) is 1.68. The lowest BCUT2D eigenvalue weighted by molar-refractivity contribution is 0.414. The molecule has 2 rings (SSSR count). The Morgan fingerprint density at radius 1 is 1.33 bits per heavy atom. The van der Waals surface area contributed by atoms with Gasteiger partial charge in [0, 0.05) is 17.5 Å². The lowest BCUT2D eigenvalue weighted by Gasteiger charge is -2.13. The van der Waals surface area contributed by atoms with Crippen LogP contribution in [0.15, 0.2) is 29.8 Å². The Balaban J connectivity index is 1.93. The van der Waals surface area contributed by atoms with Gasteiger partial charge in [-0.25, -0.2) is 4.98 Å². The predicted octanol–water partition coefficient (Wildman–Crippen LogP) is 3.31. The second-order valence-corrected chi connectivity index (χ2v) is 5.14. The molecule has 0 saturated heterocycles. The van der Waals surface area contributed by atoms with Crippen molar-refractivity contribution in [2.45, 2.75) is 26.4 Å². The summed E-state index contributed by atoms with van der Waals surface area (Å²) in [4.78, 5) is 5.59. The van der Waals surface area contributed by atoms with Crippen LogP contribution in [0.25, 0.3) is 0 Å². The molecule has 2 aromatic rings. The Bertz CT molecular complexity index is 493. The fourth-order valence-electron chi connectivity index (χ4n) is 1.83. The molecule has 0 amide bonds. The van der Waals surface area contributed by atoms with Gasteiger partial charge in [0.25, 0.3) is 0 Å². The Hall–Kier alpha value is -1.39. The lowest BCUT2D eigenvalue weighted by atomic mass is 10.2. The molecule has 0 fully saturated rings. The minimum atomic E-state index is 0.333. The highest BCUT2D eigenvalue weighted by Crippen LogP contribution is 2.21. The number of methoxy groups -OCH3 is 1. The van der Waals surface area contributed by atoms with Crippen molar-refractivity contribution in [3.8, 4) is 5.75 Å². The highest BCUT2D eigenvalue weighted by Gasteiger charge is 2.10. The third-order valence-corrected chi connectivity index (χ3v) is 4.06. The van der Waals surface area contributed by atoms with Crippen molar-refractivity contribution < 1.29 is 4.74 Å². The standard InChI is InChI=1S/C14H18N2OS/c1-10(14-11(2)16-9-18-14)15-8-12-4-6-13(17-3)7-5-12/h4-7,9-10,15H,8H2,1-3H3. The van der Waals surface area contributed by atoms with Gasteiger partial charge in [-0.3, -0.25) is 0 Å². The number of nitrogens with zero attached hydrogens (tertiary/aromatic N) is 1. The number of thiazole rings is 1. The summed E-state index contributed by atoms with van der Waals surface area (Å²) < 4.78 is 5.14. The number of hydrogen-bond acceptors (Lipinski definition) is 4. The topological polar surface area (TPSA) is 34.1 Å². The van der Waals surface area contributed by atoms with Gasteiger partial charge in [0.05, 0.1) is 18.3 Å².